The second kappa shape index (κ2) is 10.9. The molecule has 0 fully saturated rings. The predicted molar refractivity (Wildman–Crippen MR) is 211 cm³/mol. The number of rotatable bonds is 4. The van der Waals surface area contributed by atoms with Crippen molar-refractivity contribution in [3.8, 4) is 39.9 Å². The molecule has 4 heterocycles. The SMILES string of the molecule is c1ccc(-n2c3ccccc3c3ccccc32)c(-c2nc(-c3cccc4c3sc3ccccc34)nc(-c3cccc4oc5ccccc5c34)n2)c1. The van der Waals surface area contributed by atoms with E-state index in [-0.39, 0.29) is 0 Å². The molecule has 11 aromatic rings. The van der Waals surface area contributed by atoms with E-state index in [9.17, 15) is 0 Å². The summed E-state index contributed by atoms with van der Waals surface area (Å²) in [4.78, 5) is 15.9. The molecule has 238 valence electrons. The van der Waals surface area contributed by atoms with Gasteiger partial charge in [-0.15, -0.1) is 11.3 Å². The van der Waals surface area contributed by atoms with Crippen molar-refractivity contribution in [1.29, 1.82) is 0 Å². The van der Waals surface area contributed by atoms with E-state index in [1.165, 1.54) is 26.2 Å². The van der Waals surface area contributed by atoms with E-state index in [1.807, 2.05) is 30.3 Å². The Labute approximate surface area is 295 Å². The van der Waals surface area contributed by atoms with Crippen LogP contribution in [-0.4, -0.2) is 19.5 Å². The molecule has 0 unspecified atom stereocenters. The highest BCUT2D eigenvalue weighted by molar-refractivity contribution is 7.26. The minimum Gasteiger partial charge on any atom is -0.456 e. The largest absolute Gasteiger partial charge is 0.456 e. The first-order valence-electron chi connectivity index (χ1n) is 17.0. The zero-order chi connectivity index (χ0) is 33.5. The monoisotopic (exact) mass is 670 g/mol. The minimum atomic E-state index is 0.599. The summed E-state index contributed by atoms with van der Waals surface area (Å²) in [7, 11) is 0. The normalized spacial score (nSPS) is 11.9. The summed E-state index contributed by atoms with van der Waals surface area (Å²) in [5, 5.41) is 6.87. The number of fused-ring (bicyclic) bond motifs is 9. The Morgan fingerprint density at radius 3 is 1.75 bits per heavy atom. The molecule has 4 aromatic heterocycles. The molecular formula is C45H26N4OS. The van der Waals surface area contributed by atoms with Crippen LogP contribution < -0.4 is 0 Å². The Hall–Kier alpha value is -6.63. The standard InChI is InChI=1S/C45H26N4OS/c1-6-21-35-27(13-1)28-14-2-7-22-36(28)49(35)37-23-8-3-16-31(37)43-46-44(33-19-12-25-39-41(33)32-17-4-9-24-38(32)50-39)48-45(47-43)34-20-11-18-30-29-15-5-10-26-40(29)51-42(30)34/h1-26H. The molecule has 11 rings (SSSR count). The van der Waals surface area contributed by atoms with Crippen LogP contribution in [0.3, 0.4) is 0 Å². The molecule has 0 saturated carbocycles. The van der Waals surface area contributed by atoms with Gasteiger partial charge in [0.1, 0.15) is 11.2 Å². The van der Waals surface area contributed by atoms with Crippen LogP contribution in [0.5, 0.6) is 0 Å². The van der Waals surface area contributed by atoms with Crippen molar-refractivity contribution in [2.75, 3.05) is 0 Å². The summed E-state index contributed by atoms with van der Waals surface area (Å²) in [5.41, 5.74) is 7.70. The van der Waals surface area contributed by atoms with E-state index in [4.69, 9.17) is 19.4 Å². The number of furan rings is 1. The van der Waals surface area contributed by atoms with Crippen molar-refractivity contribution in [2.45, 2.75) is 0 Å². The fourth-order valence-corrected chi connectivity index (χ4v) is 8.87. The van der Waals surface area contributed by atoms with Crippen molar-refractivity contribution < 1.29 is 4.42 Å². The van der Waals surface area contributed by atoms with Crippen molar-refractivity contribution in [1.82, 2.24) is 19.5 Å². The van der Waals surface area contributed by atoms with E-state index in [0.29, 0.717) is 17.5 Å². The number of para-hydroxylation sites is 4. The Kier molecular flexibility index (Phi) is 6.05. The fraction of sp³-hybridized carbons (Fsp3) is 0. The molecule has 5 nitrogen and oxygen atoms in total. The van der Waals surface area contributed by atoms with Gasteiger partial charge >= 0.3 is 0 Å². The van der Waals surface area contributed by atoms with Crippen LogP contribution in [0.2, 0.25) is 0 Å². The molecule has 0 N–H and O–H groups in total. The van der Waals surface area contributed by atoms with E-state index in [1.54, 1.807) is 11.3 Å². The molecule has 0 bridgehead atoms. The topological polar surface area (TPSA) is 56.7 Å². The third-order valence-electron chi connectivity index (χ3n) is 9.89. The highest BCUT2D eigenvalue weighted by Crippen LogP contribution is 2.42. The van der Waals surface area contributed by atoms with Crippen LogP contribution in [0.1, 0.15) is 0 Å². The number of benzene rings is 7. The van der Waals surface area contributed by atoms with Crippen LogP contribution >= 0.6 is 11.3 Å². The fourth-order valence-electron chi connectivity index (χ4n) is 7.66. The molecule has 0 saturated heterocycles. The van der Waals surface area contributed by atoms with Crippen LogP contribution in [0.25, 0.3) is 104 Å². The maximum absolute atomic E-state index is 6.31. The first-order chi connectivity index (χ1) is 25.3. The number of hydrogen-bond acceptors (Lipinski definition) is 5. The molecule has 0 amide bonds. The van der Waals surface area contributed by atoms with Crippen molar-refractivity contribution >= 4 is 75.3 Å². The zero-order valence-corrected chi connectivity index (χ0v) is 27.9. The number of nitrogens with zero attached hydrogens (tertiary/aromatic N) is 4. The van der Waals surface area contributed by atoms with Gasteiger partial charge in [0, 0.05) is 58.4 Å². The van der Waals surface area contributed by atoms with Gasteiger partial charge < -0.3 is 8.98 Å². The molecular weight excluding hydrogens is 645 g/mol. The maximum Gasteiger partial charge on any atom is 0.166 e. The number of hydrogen-bond donors (Lipinski definition) is 0. The lowest BCUT2D eigenvalue weighted by Gasteiger charge is -2.15. The van der Waals surface area contributed by atoms with Gasteiger partial charge in [0.05, 0.1) is 16.7 Å². The summed E-state index contributed by atoms with van der Waals surface area (Å²) in [6.45, 7) is 0. The summed E-state index contributed by atoms with van der Waals surface area (Å²) < 4.78 is 11.0. The third kappa shape index (κ3) is 4.24. The molecule has 0 aliphatic carbocycles. The average Bonchev–Trinajstić information content (AvgIpc) is 3.87. The van der Waals surface area contributed by atoms with Gasteiger partial charge in [-0.25, -0.2) is 15.0 Å². The smallest absolute Gasteiger partial charge is 0.166 e. The minimum absolute atomic E-state index is 0.599. The second-order valence-electron chi connectivity index (χ2n) is 12.8. The van der Waals surface area contributed by atoms with Crippen molar-refractivity contribution in [2.24, 2.45) is 0 Å². The molecule has 51 heavy (non-hydrogen) atoms. The van der Waals surface area contributed by atoms with Gasteiger partial charge in [-0.2, -0.15) is 0 Å². The quantitative estimate of drug-likeness (QED) is 0.187. The first kappa shape index (κ1) is 28.2. The molecule has 0 radical (unpaired) electrons. The molecule has 6 heteroatoms. The summed E-state index contributed by atoms with van der Waals surface area (Å²) in [6, 6.07) is 54.8. The average molecular weight is 671 g/mol. The van der Waals surface area contributed by atoms with E-state index < -0.39 is 0 Å². The van der Waals surface area contributed by atoms with E-state index >= 15 is 0 Å². The van der Waals surface area contributed by atoms with Crippen LogP contribution in [0, 0.1) is 0 Å². The second-order valence-corrected chi connectivity index (χ2v) is 13.8. The first-order valence-corrected chi connectivity index (χ1v) is 17.8. The summed E-state index contributed by atoms with van der Waals surface area (Å²) in [5.74, 6) is 1.84. The Morgan fingerprint density at radius 2 is 0.941 bits per heavy atom. The summed E-state index contributed by atoms with van der Waals surface area (Å²) >= 11 is 1.78. The van der Waals surface area contributed by atoms with Crippen LogP contribution in [-0.2, 0) is 0 Å². The lowest BCUT2D eigenvalue weighted by Crippen LogP contribution is -2.03. The highest BCUT2D eigenvalue weighted by atomic mass is 32.1. The van der Waals surface area contributed by atoms with Crippen LogP contribution in [0.4, 0.5) is 0 Å². The molecule has 0 spiro atoms. The summed E-state index contributed by atoms with van der Waals surface area (Å²) in [6.07, 6.45) is 0. The Balaban J connectivity index is 1.23. The molecule has 0 atom stereocenters. The van der Waals surface area contributed by atoms with Crippen LogP contribution in [0.15, 0.2) is 162 Å². The van der Waals surface area contributed by atoms with Gasteiger partial charge in [0.15, 0.2) is 17.5 Å². The Morgan fingerprint density at radius 1 is 0.412 bits per heavy atom. The van der Waals surface area contributed by atoms with Gasteiger partial charge in [-0.3, -0.25) is 0 Å². The van der Waals surface area contributed by atoms with Crippen molar-refractivity contribution in [3.63, 3.8) is 0 Å². The van der Waals surface area contributed by atoms with Gasteiger partial charge in [-0.05, 0) is 48.5 Å². The van der Waals surface area contributed by atoms with Crippen molar-refractivity contribution in [3.05, 3.63) is 158 Å². The van der Waals surface area contributed by atoms with E-state index in [0.717, 1.165) is 60.0 Å². The molecule has 0 aliphatic rings. The number of thiophene rings is 1. The van der Waals surface area contributed by atoms with E-state index in [2.05, 4.69) is 132 Å². The molecule has 0 aliphatic heterocycles. The zero-order valence-electron chi connectivity index (χ0n) is 27.1. The van der Waals surface area contributed by atoms with Gasteiger partial charge in [-0.1, -0.05) is 109 Å². The molecule has 7 aromatic carbocycles. The third-order valence-corrected chi connectivity index (χ3v) is 11.1. The van der Waals surface area contributed by atoms with Gasteiger partial charge in [0.2, 0.25) is 0 Å². The lowest BCUT2D eigenvalue weighted by atomic mass is 10.0. The maximum atomic E-state index is 6.31. The lowest BCUT2D eigenvalue weighted by molar-refractivity contribution is 0.669. The van der Waals surface area contributed by atoms with Gasteiger partial charge in [0.25, 0.3) is 0 Å². The predicted octanol–water partition coefficient (Wildman–Crippen LogP) is 12.2. The number of aromatic nitrogens is 4. The highest BCUT2D eigenvalue weighted by Gasteiger charge is 2.22. The Bertz CT molecular complexity index is 3120.